The van der Waals surface area contributed by atoms with Gasteiger partial charge in [-0.25, -0.2) is 0 Å². The number of hydrogen-bond acceptors (Lipinski definition) is 5. The Balaban J connectivity index is 1.21. The minimum atomic E-state index is -0.186. The molecule has 0 radical (unpaired) electrons. The SMILES string of the molecule is O=C(NNC1=CCCCc2ccccc21)c1ccc(Cn2nnc(-c3ccccc3)n2)cc1. The van der Waals surface area contributed by atoms with E-state index in [-0.39, 0.29) is 5.91 Å². The lowest BCUT2D eigenvalue weighted by Crippen LogP contribution is -2.36. The van der Waals surface area contributed by atoms with Gasteiger partial charge in [-0.2, -0.15) is 4.80 Å². The molecule has 33 heavy (non-hydrogen) atoms. The van der Waals surface area contributed by atoms with Crippen molar-refractivity contribution in [3.05, 3.63) is 107 Å². The molecule has 0 fully saturated rings. The molecule has 0 aliphatic heterocycles. The molecule has 1 heterocycles. The summed E-state index contributed by atoms with van der Waals surface area (Å²) in [6.07, 6.45) is 5.26. The van der Waals surface area contributed by atoms with Crippen molar-refractivity contribution in [2.45, 2.75) is 25.8 Å². The zero-order chi connectivity index (χ0) is 22.5. The van der Waals surface area contributed by atoms with Gasteiger partial charge in [0.2, 0.25) is 5.82 Å². The largest absolute Gasteiger partial charge is 0.298 e. The molecule has 0 unspecified atom stereocenters. The number of rotatable bonds is 6. The van der Waals surface area contributed by atoms with Gasteiger partial charge in [0.15, 0.2) is 0 Å². The average Bonchev–Trinajstić information content (AvgIpc) is 3.23. The van der Waals surface area contributed by atoms with Crippen LogP contribution < -0.4 is 10.9 Å². The van der Waals surface area contributed by atoms with Gasteiger partial charge in [-0.15, -0.1) is 10.2 Å². The van der Waals surface area contributed by atoms with Crippen molar-refractivity contribution >= 4 is 11.6 Å². The Bertz CT molecular complexity index is 1280. The van der Waals surface area contributed by atoms with Crippen LogP contribution in [0.1, 0.15) is 39.9 Å². The van der Waals surface area contributed by atoms with Crippen LogP contribution in [0.5, 0.6) is 0 Å². The van der Waals surface area contributed by atoms with E-state index < -0.39 is 0 Å². The molecule has 0 spiro atoms. The van der Waals surface area contributed by atoms with Crippen molar-refractivity contribution in [2.24, 2.45) is 0 Å². The summed E-state index contributed by atoms with van der Waals surface area (Å²) in [5.74, 6) is 0.404. The third-order valence-corrected chi connectivity index (χ3v) is 5.64. The Hall–Kier alpha value is -4.26. The summed E-state index contributed by atoms with van der Waals surface area (Å²) in [6, 6.07) is 25.5. The summed E-state index contributed by atoms with van der Waals surface area (Å²) in [5, 5.41) is 12.7. The Morgan fingerprint density at radius 1 is 0.939 bits per heavy atom. The minimum absolute atomic E-state index is 0.186. The Kier molecular flexibility index (Phi) is 5.93. The number of nitrogens with zero attached hydrogens (tertiary/aromatic N) is 4. The number of allylic oxidation sites excluding steroid dienone is 1. The second kappa shape index (κ2) is 9.48. The smallest absolute Gasteiger partial charge is 0.269 e. The molecule has 0 atom stereocenters. The van der Waals surface area contributed by atoms with E-state index in [4.69, 9.17) is 0 Å². The quantitative estimate of drug-likeness (QED) is 0.446. The van der Waals surface area contributed by atoms with Gasteiger partial charge in [0.1, 0.15) is 0 Å². The van der Waals surface area contributed by atoms with Crippen LogP contribution in [0.2, 0.25) is 0 Å². The van der Waals surface area contributed by atoms with Crippen molar-refractivity contribution in [2.75, 3.05) is 0 Å². The fourth-order valence-electron chi connectivity index (χ4n) is 3.90. The lowest BCUT2D eigenvalue weighted by Gasteiger charge is -2.14. The number of amides is 1. The van der Waals surface area contributed by atoms with E-state index >= 15 is 0 Å². The first-order valence-corrected chi connectivity index (χ1v) is 11.0. The zero-order valence-corrected chi connectivity index (χ0v) is 18.1. The fourth-order valence-corrected chi connectivity index (χ4v) is 3.90. The molecule has 164 valence electrons. The van der Waals surface area contributed by atoms with Crippen molar-refractivity contribution in [1.29, 1.82) is 0 Å². The van der Waals surface area contributed by atoms with Crippen molar-refractivity contribution in [3.63, 3.8) is 0 Å². The van der Waals surface area contributed by atoms with E-state index in [0.717, 1.165) is 41.6 Å². The molecule has 5 rings (SSSR count). The first kappa shape index (κ1) is 20.6. The Morgan fingerprint density at radius 3 is 2.58 bits per heavy atom. The number of carbonyl (C=O) groups is 1. The molecule has 7 nitrogen and oxygen atoms in total. The molecule has 4 aromatic rings. The van der Waals surface area contributed by atoms with E-state index in [1.807, 2.05) is 48.5 Å². The lowest BCUT2D eigenvalue weighted by molar-refractivity contribution is 0.0942. The van der Waals surface area contributed by atoms with Crippen molar-refractivity contribution in [3.8, 4) is 11.4 Å². The predicted octanol–water partition coefficient (Wildman–Crippen LogP) is 4.00. The number of fused-ring (bicyclic) bond motifs is 1. The van der Waals surface area contributed by atoms with Crippen LogP contribution >= 0.6 is 0 Å². The van der Waals surface area contributed by atoms with Crippen LogP contribution in [0.25, 0.3) is 17.1 Å². The number of hydrogen-bond donors (Lipinski definition) is 2. The molecule has 1 aliphatic rings. The summed E-state index contributed by atoms with van der Waals surface area (Å²) < 4.78 is 0. The number of tetrazole rings is 1. The first-order chi connectivity index (χ1) is 16.3. The van der Waals surface area contributed by atoms with Gasteiger partial charge in [-0.3, -0.25) is 15.6 Å². The molecule has 3 aromatic carbocycles. The highest BCUT2D eigenvalue weighted by atomic mass is 16.2. The van der Waals surface area contributed by atoms with Crippen LogP contribution in [0.15, 0.2) is 84.9 Å². The summed E-state index contributed by atoms with van der Waals surface area (Å²) >= 11 is 0. The maximum Gasteiger partial charge on any atom is 0.269 e. The highest BCUT2D eigenvalue weighted by Gasteiger charge is 2.12. The number of aromatic nitrogens is 4. The van der Waals surface area contributed by atoms with E-state index in [9.17, 15) is 4.79 Å². The standard InChI is InChI=1S/C26H24N6O/c33-26(29-27-24-13-7-5-9-20-8-4-6-12-23(20)24)22-16-14-19(15-17-22)18-32-30-25(28-31-32)21-10-2-1-3-11-21/h1-4,6,8,10-17,27H,5,7,9,18H2,(H,29,33). The number of nitrogens with one attached hydrogen (secondary N) is 2. The number of benzene rings is 3. The molecule has 0 bridgehead atoms. The summed E-state index contributed by atoms with van der Waals surface area (Å²) in [4.78, 5) is 14.2. The van der Waals surface area contributed by atoms with E-state index in [1.54, 1.807) is 16.9 Å². The third kappa shape index (κ3) is 4.82. The molecule has 2 N–H and O–H groups in total. The van der Waals surface area contributed by atoms with Crippen LogP contribution in [-0.2, 0) is 13.0 Å². The van der Waals surface area contributed by atoms with E-state index in [1.165, 1.54) is 5.56 Å². The molecule has 1 aliphatic carbocycles. The van der Waals surface area contributed by atoms with E-state index in [0.29, 0.717) is 17.9 Å². The molecular formula is C26H24N6O. The monoisotopic (exact) mass is 436 g/mol. The normalized spacial score (nSPS) is 12.9. The van der Waals surface area contributed by atoms with Gasteiger partial charge in [0.25, 0.3) is 5.91 Å². The number of carbonyl (C=O) groups excluding carboxylic acids is 1. The maximum absolute atomic E-state index is 12.7. The Morgan fingerprint density at radius 2 is 1.73 bits per heavy atom. The molecule has 0 saturated heterocycles. The molecule has 1 aromatic heterocycles. The summed E-state index contributed by atoms with van der Waals surface area (Å²) in [7, 11) is 0. The van der Waals surface area contributed by atoms with Gasteiger partial charge in [0.05, 0.1) is 12.2 Å². The van der Waals surface area contributed by atoms with Gasteiger partial charge < -0.3 is 0 Å². The average molecular weight is 437 g/mol. The van der Waals surface area contributed by atoms with Crippen LogP contribution in [0.3, 0.4) is 0 Å². The highest BCUT2D eigenvalue weighted by molar-refractivity contribution is 5.94. The van der Waals surface area contributed by atoms with Gasteiger partial charge in [-0.05, 0) is 47.7 Å². The summed E-state index contributed by atoms with van der Waals surface area (Å²) in [6.45, 7) is 0.476. The molecular weight excluding hydrogens is 412 g/mol. The zero-order valence-electron chi connectivity index (χ0n) is 18.1. The maximum atomic E-state index is 12.7. The highest BCUT2D eigenvalue weighted by Crippen LogP contribution is 2.23. The molecule has 0 saturated carbocycles. The summed E-state index contributed by atoms with van der Waals surface area (Å²) in [5.41, 5.74) is 11.8. The third-order valence-electron chi connectivity index (χ3n) is 5.64. The molecule has 7 heteroatoms. The topological polar surface area (TPSA) is 84.7 Å². The molecule has 1 amide bonds. The predicted molar refractivity (Wildman–Crippen MR) is 127 cm³/mol. The number of hydrazine groups is 1. The van der Waals surface area contributed by atoms with Crippen LogP contribution in [-0.4, -0.2) is 26.1 Å². The number of aryl methyl sites for hydroxylation is 1. The second-order valence-electron chi connectivity index (χ2n) is 7.95. The second-order valence-corrected chi connectivity index (χ2v) is 7.95. The fraction of sp³-hybridized carbons (Fsp3) is 0.154. The van der Waals surface area contributed by atoms with Crippen molar-refractivity contribution < 1.29 is 4.79 Å². The first-order valence-electron chi connectivity index (χ1n) is 11.0. The van der Waals surface area contributed by atoms with Gasteiger partial charge >= 0.3 is 0 Å². The van der Waals surface area contributed by atoms with Crippen LogP contribution in [0, 0.1) is 0 Å². The van der Waals surface area contributed by atoms with Crippen molar-refractivity contribution in [1.82, 2.24) is 31.1 Å². The lowest BCUT2D eigenvalue weighted by atomic mass is 10.0. The minimum Gasteiger partial charge on any atom is -0.298 e. The van der Waals surface area contributed by atoms with Crippen LogP contribution in [0.4, 0.5) is 0 Å². The van der Waals surface area contributed by atoms with E-state index in [2.05, 4.69) is 50.5 Å². The van der Waals surface area contributed by atoms with Gasteiger partial charge in [-0.1, -0.05) is 72.8 Å². The van der Waals surface area contributed by atoms with Gasteiger partial charge in [0, 0.05) is 16.7 Å². The Labute approximate surface area is 192 Å².